The van der Waals surface area contributed by atoms with Crippen molar-refractivity contribution in [2.45, 2.75) is 6.42 Å². The van der Waals surface area contributed by atoms with Crippen LogP contribution in [0.2, 0.25) is 0 Å². The molecule has 0 atom stereocenters. The van der Waals surface area contributed by atoms with Gasteiger partial charge in [-0.1, -0.05) is 152 Å². The maximum Gasteiger partial charge on any atom is 0.0541 e. The first-order chi connectivity index (χ1) is 21.9. The summed E-state index contributed by atoms with van der Waals surface area (Å²) in [6.45, 7) is 0. The number of nitrogens with zero attached hydrogens (tertiary/aromatic N) is 1. The third-order valence-corrected chi connectivity index (χ3v) is 8.75. The Morgan fingerprint density at radius 1 is 0.341 bits per heavy atom. The summed E-state index contributed by atoms with van der Waals surface area (Å²) in [5.74, 6) is 0. The van der Waals surface area contributed by atoms with Crippen molar-refractivity contribution in [2.75, 3.05) is 0 Å². The molecule has 9 rings (SSSR count). The standard InChI is InChI=1S/C25H18.C18H13N/c1-2-9-18(10-3-1)20-12-6-7-14-22(20)24-16-8-15-23-21-13-5-4-11-19(21)17-25(23)24;1-2-8-14(9-3-1)19-17-12-6-4-10-15(17)16-11-5-7-13-18(16)19/h1-16H,17H2;1-13H. The zero-order valence-electron chi connectivity index (χ0n) is 24.4. The van der Waals surface area contributed by atoms with E-state index >= 15 is 0 Å². The van der Waals surface area contributed by atoms with Gasteiger partial charge in [0.1, 0.15) is 0 Å². The van der Waals surface area contributed by atoms with E-state index < -0.39 is 0 Å². The molecule has 44 heavy (non-hydrogen) atoms. The minimum Gasteiger partial charge on any atom is -0.309 e. The molecule has 0 saturated heterocycles. The Morgan fingerprint density at radius 2 is 0.818 bits per heavy atom. The first-order valence-electron chi connectivity index (χ1n) is 15.3. The van der Waals surface area contributed by atoms with Gasteiger partial charge in [-0.2, -0.15) is 0 Å². The smallest absolute Gasteiger partial charge is 0.0541 e. The highest BCUT2D eigenvalue weighted by molar-refractivity contribution is 6.09. The van der Waals surface area contributed by atoms with Crippen LogP contribution in [0.5, 0.6) is 0 Å². The van der Waals surface area contributed by atoms with Crippen LogP contribution in [0, 0.1) is 0 Å². The zero-order chi connectivity index (χ0) is 29.3. The summed E-state index contributed by atoms with van der Waals surface area (Å²) in [7, 11) is 0. The molecule has 7 aromatic carbocycles. The van der Waals surface area contributed by atoms with E-state index in [1.54, 1.807) is 0 Å². The second-order valence-electron chi connectivity index (χ2n) is 11.3. The lowest BCUT2D eigenvalue weighted by molar-refractivity contribution is 1.18. The minimum absolute atomic E-state index is 1.02. The first kappa shape index (κ1) is 26.0. The molecule has 0 fully saturated rings. The normalized spacial score (nSPS) is 11.5. The average Bonchev–Trinajstić information content (AvgIpc) is 3.66. The van der Waals surface area contributed by atoms with Crippen LogP contribution in [0.25, 0.3) is 60.9 Å². The summed E-state index contributed by atoms with van der Waals surface area (Å²) in [5, 5.41) is 2.61. The van der Waals surface area contributed by atoms with E-state index in [0.29, 0.717) is 0 Å². The summed E-state index contributed by atoms with van der Waals surface area (Å²) in [5.41, 5.74) is 14.6. The van der Waals surface area contributed by atoms with E-state index in [0.717, 1.165) is 6.42 Å². The predicted octanol–water partition coefficient (Wildman–Crippen LogP) is 11.4. The van der Waals surface area contributed by atoms with E-state index in [9.17, 15) is 0 Å². The fourth-order valence-corrected chi connectivity index (χ4v) is 6.77. The molecule has 1 aromatic heterocycles. The SMILES string of the molecule is c1ccc(-c2ccccc2-c2cccc3c2Cc2ccccc2-3)cc1.c1ccc(-n2c3ccccc3c3ccccc32)cc1. The average molecular weight is 562 g/mol. The van der Waals surface area contributed by atoms with Crippen LogP contribution < -0.4 is 0 Å². The van der Waals surface area contributed by atoms with Gasteiger partial charge in [-0.25, -0.2) is 0 Å². The van der Waals surface area contributed by atoms with Crippen molar-refractivity contribution in [3.63, 3.8) is 0 Å². The molecule has 8 aromatic rings. The molecule has 0 spiro atoms. The largest absolute Gasteiger partial charge is 0.309 e. The monoisotopic (exact) mass is 561 g/mol. The molecule has 1 aliphatic carbocycles. The molecule has 0 bridgehead atoms. The molecule has 208 valence electrons. The highest BCUT2D eigenvalue weighted by Gasteiger charge is 2.22. The Balaban J connectivity index is 0.000000136. The highest BCUT2D eigenvalue weighted by atomic mass is 15.0. The minimum atomic E-state index is 1.02. The maximum atomic E-state index is 2.32. The predicted molar refractivity (Wildman–Crippen MR) is 186 cm³/mol. The number of hydrogen-bond donors (Lipinski definition) is 0. The molecule has 1 heterocycles. The Bertz CT molecular complexity index is 2190. The lowest BCUT2D eigenvalue weighted by atomic mass is 9.90. The van der Waals surface area contributed by atoms with E-state index in [1.807, 2.05) is 0 Å². The van der Waals surface area contributed by atoms with Gasteiger partial charge in [-0.05, 0) is 75.2 Å². The van der Waals surface area contributed by atoms with Gasteiger partial charge in [-0.3, -0.25) is 0 Å². The van der Waals surface area contributed by atoms with Gasteiger partial charge in [0.05, 0.1) is 11.0 Å². The molecule has 0 radical (unpaired) electrons. The van der Waals surface area contributed by atoms with Crippen molar-refractivity contribution < 1.29 is 0 Å². The van der Waals surface area contributed by atoms with Crippen LogP contribution in [0.3, 0.4) is 0 Å². The summed E-state index contributed by atoms with van der Waals surface area (Å²) in [6.07, 6.45) is 1.02. The van der Waals surface area contributed by atoms with E-state index in [4.69, 9.17) is 0 Å². The second-order valence-corrected chi connectivity index (χ2v) is 11.3. The molecule has 0 unspecified atom stereocenters. The van der Waals surface area contributed by atoms with Crippen molar-refractivity contribution in [3.8, 4) is 39.1 Å². The summed E-state index contributed by atoms with van der Waals surface area (Å²) in [4.78, 5) is 0. The molecule has 1 heteroatoms. The molecule has 0 aliphatic heterocycles. The number of fused-ring (bicyclic) bond motifs is 6. The number of hydrogen-bond acceptors (Lipinski definition) is 0. The molecular weight excluding hydrogens is 530 g/mol. The van der Waals surface area contributed by atoms with Crippen LogP contribution in [-0.2, 0) is 6.42 Å². The molecule has 0 amide bonds. The van der Waals surface area contributed by atoms with Gasteiger partial charge in [-0.15, -0.1) is 0 Å². The fourth-order valence-electron chi connectivity index (χ4n) is 6.77. The van der Waals surface area contributed by atoms with Crippen molar-refractivity contribution in [1.82, 2.24) is 4.57 Å². The van der Waals surface area contributed by atoms with Crippen molar-refractivity contribution in [2.24, 2.45) is 0 Å². The van der Waals surface area contributed by atoms with Crippen molar-refractivity contribution in [3.05, 3.63) is 187 Å². The number of aromatic nitrogens is 1. The Labute approximate surface area is 258 Å². The van der Waals surface area contributed by atoms with Crippen LogP contribution >= 0.6 is 0 Å². The fraction of sp³-hybridized carbons (Fsp3) is 0.0233. The number of para-hydroxylation sites is 3. The maximum absolute atomic E-state index is 2.32. The van der Waals surface area contributed by atoms with Gasteiger partial charge >= 0.3 is 0 Å². The lowest BCUT2D eigenvalue weighted by Crippen LogP contribution is -1.92. The van der Waals surface area contributed by atoms with Crippen LogP contribution in [0.15, 0.2) is 176 Å². The van der Waals surface area contributed by atoms with Gasteiger partial charge in [0.2, 0.25) is 0 Å². The van der Waals surface area contributed by atoms with Crippen molar-refractivity contribution >= 4 is 21.8 Å². The molecular formula is C43H31N. The second kappa shape index (κ2) is 11.2. The number of benzene rings is 7. The van der Waals surface area contributed by atoms with Gasteiger partial charge in [0.25, 0.3) is 0 Å². The Kier molecular flexibility index (Phi) is 6.62. The summed E-state index contributed by atoms with van der Waals surface area (Å²) < 4.78 is 2.32. The van der Waals surface area contributed by atoms with Crippen LogP contribution in [-0.4, -0.2) is 4.57 Å². The Morgan fingerprint density at radius 3 is 1.50 bits per heavy atom. The van der Waals surface area contributed by atoms with Gasteiger partial charge in [0, 0.05) is 16.5 Å². The Hall–Kier alpha value is -5.66. The topological polar surface area (TPSA) is 4.93 Å². The third kappa shape index (κ3) is 4.51. The first-order valence-corrected chi connectivity index (χ1v) is 15.3. The van der Waals surface area contributed by atoms with E-state index in [-0.39, 0.29) is 0 Å². The molecule has 1 aliphatic rings. The molecule has 0 saturated carbocycles. The van der Waals surface area contributed by atoms with E-state index in [1.165, 1.54) is 72.0 Å². The quantitative estimate of drug-likeness (QED) is 0.202. The molecule has 1 nitrogen and oxygen atoms in total. The highest BCUT2D eigenvalue weighted by Crippen LogP contribution is 2.43. The van der Waals surface area contributed by atoms with Gasteiger partial charge in [0.15, 0.2) is 0 Å². The lowest BCUT2D eigenvalue weighted by Gasteiger charge is -2.14. The zero-order valence-corrected chi connectivity index (χ0v) is 24.4. The van der Waals surface area contributed by atoms with Crippen molar-refractivity contribution in [1.29, 1.82) is 0 Å². The van der Waals surface area contributed by atoms with Gasteiger partial charge < -0.3 is 4.57 Å². The molecule has 0 N–H and O–H groups in total. The van der Waals surface area contributed by atoms with Crippen LogP contribution in [0.4, 0.5) is 0 Å². The summed E-state index contributed by atoms with van der Waals surface area (Å²) in [6, 6.07) is 62.6. The van der Waals surface area contributed by atoms with E-state index in [2.05, 4.69) is 180 Å². The number of rotatable bonds is 3. The summed E-state index contributed by atoms with van der Waals surface area (Å²) >= 11 is 0. The third-order valence-electron chi connectivity index (χ3n) is 8.75. The van der Waals surface area contributed by atoms with Crippen LogP contribution in [0.1, 0.15) is 11.1 Å².